The minimum atomic E-state index is -0.770. The zero-order valence-electron chi connectivity index (χ0n) is 53.2. The maximum absolute atomic E-state index is 12.9. The van der Waals surface area contributed by atoms with Gasteiger partial charge in [0.2, 0.25) is 0 Å². The number of unbranched alkanes of at least 4 members (excludes halogenated alkanes) is 54. The van der Waals surface area contributed by atoms with E-state index >= 15 is 0 Å². The van der Waals surface area contributed by atoms with E-state index in [0.29, 0.717) is 19.3 Å². The Bertz CT molecular complexity index is 1210. The van der Waals surface area contributed by atoms with Crippen LogP contribution in [0, 0.1) is 0 Å². The van der Waals surface area contributed by atoms with E-state index in [4.69, 9.17) is 14.2 Å². The smallest absolute Gasteiger partial charge is 0.306 e. The summed E-state index contributed by atoms with van der Waals surface area (Å²) in [5, 5.41) is 0. The third kappa shape index (κ3) is 65.0. The molecular weight excluding hydrogens is 961 g/mol. The highest BCUT2D eigenvalue weighted by Crippen LogP contribution is 2.19. The van der Waals surface area contributed by atoms with Crippen molar-refractivity contribution in [2.24, 2.45) is 0 Å². The molecule has 6 heteroatoms. The van der Waals surface area contributed by atoms with E-state index in [9.17, 15) is 14.4 Å². The van der Waals surface area contributed by atoms with Crippen LogP contribution in [-0.2, 0) is 28.6 Å². The molecule has 0 N–H and O–H groups in total. The molecule has 0 aromatic rings. The molecule has 0 aliphatic carbocycles. The maximum Gasteiger partial charge on any atom is 0.306 e. The van der Waals surface area contributed by atoms with Gasteiger partial charge < -0.3 is 14.2 Å². The molecular formula is C72H138O6. The van der Waals surface area contributed by atoms with Crippen molar-refractivity contribution in [1.82, 2.24) is 0 Å². The number of hydrogen-bond donors (Lipinski definition) is 0. The van der Waals surface area contributed by atoms with Gasteiger partial charge >= 0.3 is 17.9 Å². The number of carbonyl (C=O) groups excluding carboxylic acids is 3. The highest BCUT2D eigenvalue weighted by Gasteiger charge is 2.19. The molecule has 0 rings (SSSR count). The summed E-state index contributed by atoms with van der Waals surface area (Å²) in [5.74, 6) is -0.844. The molecule has 0 fully saturated rings. The Hall–Kier alpha value is -1.85. The second-order valence-corrected chi connectivity index (χ2v) is 24.5. The van der Waals surface area contributed by atoms with Crippen molar-refractivity contribution in [2.45, 2.75) is 419 Å². The van der Waals surface area contributed by atoms with Gasteiger partial charge in [0.15, 0.2) is 6.10 Å². The molecule has 0 aliphatic rings. The van der Waals surface area contributed by atoms with Crippen molar-refractivity contribution >= 4 is 17.9 Å². The van der Waals surface area contributed by atoms with Gasteiger partial charge in [-0.15, -0.1) is 0 Å². The van der Waals surface area contributed by atoms with Crippen molar-refractivity contribution in [3.05, 3.63) is 12.2 Å². The van der Waals surface area contributed by atoms with Crippen molar-refractivity contribution in [1.29, 1.82) is 0 Å². The van der Waals surface area contributed by atoms with E-state index < -0.39 is 6.10 Å². The third-order valence-electron chi connectivity index (χ3n) is 16.5. The van der Waals surface area contributed by atoms with Crippen LogP contribution in [0.2, 0.25) is 0 Å². The summed E-state index contributed by atoms with van der Waals surface area (Å²) in [6, 6.07) is 0. The average Bonchev–Trinajstić information content (AvgIpc) is 3.44. The highest BCUT2D eigenvalue weighted by atomic mass is 16.6. The lowest BCUT2D eigenvalue weighted by molar-refractivity contribution is -0.167. The molecule has 0 amide bonds. The van der Waals surface area contributed by atoms with E-state index in [1.165, 1.54) is 308 Å². The Labute approximate surface area is 488 Å². The van der Waals surface area contributed by atoms with Crippen LogP contribution in [0.1, 0.15) is 412 Å². The topological polar surface area (TPSA) is 78.9 Å². The van der Waals surface area contributed by atoms with Gasteiger partial charge in [0.05, 0.1) is 0 Å². The van der Waals surface area contributed by atoms with Crippen molar-refractivity contribution < 1.29 is 28.6 Å². The third-order valence-corrected chi connectivity index (χ3v) is 16.5. The van der Waals surface area contributed by atoms with Crippen LogP contribution < -0.4 is 0 Å². The molecule has 0 aromatic heterocycles. The van der Waals surface area contributed by atoms with Gasteiger partial charge in [-0.1, -0.05) is 360 Å². The Morgan fingerprint density at radius 3 is 0.641 bits per heavy atom. The summed E-state index contributed by atoms with van der Waals surface area (Å²) in [7, 11) is 0. The monoisotopic (exact) mass is 1100 g/mol. The van der Waals surface area contributed by atoms with Gasteiger partial charge in [0.1, 0.15) is 13.2 Å². The fourth-order valence-corrected chi connectivity index (χ4v) is 11.2. The van der Waals surface area contributed by atoms with Crippen molar-refractivity contribution in [3.8, 4) is 0 Å². The normalized spacial score (nSPS) is 12.0. The fraction of sp³-hybridized carbons (Fsp3) is 0.931. The zero-order valence-corrected chi connectivity index (χ0v) is 53.2. The molecule has 0 saturated heterocycles. The summed E-state index contributed by atoms with van der Waals surface area (Å²) in [6.45, 7) is 6.71. The van der Waals surface area contributed by atoms with E-state index in [2.05, 4.69) is 32.9 Å². The van der Waals surface area contributed by atoms with Crippen LogP contribution in [-0.4, -0.2) is 37.2 Å². The van der Waals surface area contributed by atoms with Gasteiger partial charge in [-0.3, -0.25) is 14.4 Å². The maximum atomic E-state index is 12.9. The first-order valence-corrected chi connectivity index (χ1v) is 35.7. The predicted octanol–water partition coefficient (Wildman–Crippen LogP) is 24.4. The second-order valence-electron chi connectivity index (χ2n) is 24.5. The number of rotatable bonds is 67. The molecule has 0 bridgehead atoms. The molecule has 1 atom stereocenters. The van der Waals surface area contributed by atoms with Gasteiger partial charge in [0.25, 0.3) is 0 Å². The quantitative estimate of drug-likeness (QED) is 0.0261. The number of allylic oxidation sites excluding steroid dienone is 2. The second kappa shape index (κ2) is 67.7. The van der Waals surface area contributed by atoms with Crippen LogP contribution in [0.15, 0.2) is 12.2 Å². The Morgan fingerprint density at radius 1 is 0.244 bits per heavy atom. The number of carbonyl (C=O) groups is 3. The lowest BCUT2D eigenvalue weighted by Crippen LogP contribution is -2.30. The number of hydrogen-bond acceptors (Lipinski definition) is 6. The molecule has 0 heterocycles. The molecule has 0 radical (unpaired) electrons. The molecule has 462 valence electrons. The summed E-state index contributed by atoms with van der Waals surface area (Å²) in [4.78, 5) is 38.3. The minimum absolute atomic E-state index is 0.0669. The van der Waals surface area contributed by atoms with Gasteiger partial charge in [-0.2, -0.15) is 0 Å². The highest BCUT2D eigenvalue weighted by molar-refractivity contribution is 5.71. The Kier molecular flexibility index (Phi) is 66.0. The molecule has 0 spiro atoms. The van der Waals surface area contributed by atoms with Crippen molar-refractivity contribution in [2.75, 3.05) is 13.2 Å². The first kappa shape index (κ1) is 76.1. The Morgan fingerprint density at radius 2 is 0.423 bits per heavy atom. The summed E-state index contributed by atoms with van der Waals surface area (Å²) in [5.41, 5.74) is 0. The largest absolute Gasteiger partial charge is 0.462 e. The van der Waals surface area contributed by atoms with Gasteiger partial charge in [0, 0.05) is 19.3 Å². The number of esters is 3. The molecule has 6 nitrogen and oxygen atoms in total. The van der Waals surface area contributed by atoms with Crippen LogP contribution in [0.5, 0.6) is 0 Å². The summed E-state index contributed by atoms with van der Waals surface area (Å²) >= 11 is 0. The molecule has 0 aromatic carbocycles. The predicted molar refractivity (Wildman–Crippen MR) is 340 cm³/mol. The molecule has 0 aliphatic heterocycles. The van der Waals surface area contributed by atoms with Crippen LogP contribution in [0.3, 0.4) is 0 Å². The lowest BCUT2D eigenvalue weighted by Gasteiger charge is -2.18. The molecule has 0 saturated carbocycles. The average molecular weight is 1100 g/mol. The van der Waals surface area contributed by atoms with Crippen LogP contribution >= 0.6 is 0 Å². The van der Waals surface area contributed by atoms with Crippen LogP contribution in [0.4, 0.5) is 0 Å². The lowest BCUT2D eigenvalue weighted by atomic mass is 10.0. The number of ether oxygens (including phenoxy) is 3. The SMILES string of the molecule is CCCCCCCCC/C=C\CCCCCCCC(=O)OC(COC(=O)CCCCCCCCCCCCCC)COC(=O)CCCCCCCCCCCCCCCCCCCCCCCCCCCCCCCCCC. The van der Waals surface area contributed by atoms with Crippen LogP contribution in [0.25, 0.3) is 0 Å². The van der Waals surface area contributed by atoms with E-state index in [-0.39, 0.29) is 31.1 Å². The molecule has 78 heavy (non-hydrogen) atoms. The first-order chi connectivity index (χ1) is 38.5. The summed E-state index contributed by atoms with van der Waals surface area (Å²) in [6.07, 6.45) is 81.2. The molecule has 1 unspecified atom stereocenters. The minimum Gasteiger partial charge on any atom is -0.462 e. The summed E-state index contributed by atoms with van der Waals surface area (Å²) < 4.78 is 17.0. The fourth-order valence-electron chi connectivity index (χ4n) is 11.2. The standard InChI is InChI=1S/C72H138O6/c1-4-7-10-13-16-19-22-25-27-29-30-31-32-33-34-35-36-37-38-39-40-41-42-43-44-46-47-50-53-56-59-62-65-71(74)77-68-69(67-76-70(73)64-61-58-55-52-49-24-21-18-15-12-9-6-3)78-72(75)66-63-60-57-54-51-48-45-28-26-23-20-17-14-11-8-5-2/h28,45,69H,4-27,29-44,46-68H2,1-3H3/b45-28-. The van der Waals surface area contributed by atoms with Crippen molar-refractivity contribution in [3.63, 3.8) is 0 Å². The van der Waals surface area contributed by atoms with E-state index in [1.54, 1.807) is 0 Å². The van der Waals surface area contributed by atoms with E-state index in [0.717, 1.165) is 64.2 Å². The zero-order chi connectivity index (χ0) is 56.4. The Balaban J connectivity index is 4.06. The van der Waals surface area contributed by atoms with Gasteiger partial charge in [-0.25, -0.2) is 0 Å². The first-order valence-electron chi connectivity index (χ1n) is 35.7. The van der Waals surface area contributed by atoms with Gasteiger partial charge in [-0.05, 0) is 44.9 Å². The van der Waals surface area contributed by atoms with E-state index in [1.807, 2.05) is 0 Å².